The van der Waals surface area contributed by atoms with E-state index in [2.05, 4.69) is 15.6 Å². The van der Waals surface area contributed by atoms with Crippen molar-refractivity contribution in [2.75, 3.05) is 5.32 Å². The smallest absolute Gasteiger partial charge is 0.320 e. The normalized spacial score (nSPS) is 15.7. The third kappa shape index (κ3) is 4.35. The number of aliphatic hydroxyl groups is 1. The van der Waals surface area contributed by atoms with E-state index in [1.54, 1.807) is 17.5 Å². The Morgan fingerprint density at radius 2 is 2.16 bits per heavy atom. The summed E-state index contributed by atoms with van der Waals surface area (Å²) in [5.41, 5.74) is -0.399. The van der Waals surface area contributed by atoms with E-state index in [0.29, 0.717) is 22.3 Å². The minimum atomic E-state index is -1.24. The average molecular weight is 363 g/mol. The zero-order chi connectivity index (χ0) is 18.2. The van der Waals surface area contributed by atoms with E-state index < -0.39 is 11.4 Å². The second kappa shape index (κ2) is 6.72. The Balaban J connectivity index is 1.68. The van der Waals surface area contributed by atoms with Gasteiger partial charge in [-0.05, 0) is 45.6 Å². The molecule has 0 unspecified atom stereocenters. The third-order valence-electron chi connectivity index (χ3n) is 4.31. The molecule has 1 atom stereocenters. The lowest BCUT2D eigenvalue weighted by Crippen LogP contribution is -2.37. The molecule has 3 rings (SSSR count). The highest BCUT2D eigenvalue weighted by Crippen LogP contribution is 2.32. The molecule has 1 aliphatic rings. The lowest BCUT2D eigenvalue weighted by atomic mass is 9.97. The minimum absolute atomic E-state index is 0.154. The van der Waals surface area contributed by atoms with Crippen LogP contribution in [-0.2, 0) is 5.60 Å². The van der Waals surface area contributed by atoms with Crippen molar-refractivity contribution in [1.82, 2.24) is 10.3 Å². The van der Waals surface area contributed by atoms with Crippen LogP contribution in [0.5, 0.6) is 0 Å². The number of nitrogens with zero attached hydrogens (tertiary/aromatic N) is 1. The Kier molecular flexibility index (Phi) is 4.79. The van der Waals surface area contributed by atoms with Crippen molar-refractivity contribution >= 4 is 23.2 Å². The Bertz CT molecular complexity index is 781. The Morgan fingerprint density at radius 1 is 1.44 bits per heavy atom. The van der Waals surface area contributed by atoms with Crippen molar-refractivity contribution in [3.8, 4) is 10.6 Å². The predicted molar refractivity (Wildman–Crippen MR) is 97.1 cm³/mol. The van der Waals surface area contributed by atoms with Crippen molar-refractivity contribution in [3.63, 3.8) is 0 Å². The van der Waals surface area contributed by atoms with Gasteiger partial charge in [0.15, 0.2) is 0 Å². The number of nitrogens with one attached hydrogen (secondary N) is 2. The van der Waals surface area contributed by atoms with Gasteiger partial charge in [0.05, 0.1) is 5.60 Å². The first kappa shape index (κ1) is 17.8. The highest BCUT2D eigenvalue weighted by Gasteiger charge is 2.29. The van der Waals surface area contributed by atoms with E-state index >= 15 is 0 Å². The lowest BCUT2D eigenvalue weighted by Gasteiger charge is -2.18. The van der Waals surface area contributed by atoms with Crippen LogP contribution in [0.1, 0.15) is 39.2 Å². The van der Waals surface area contributed by atoms with Crippen LogP contribution in [0, 0.1) is 11.7 Å². The number of thiazole rings is 1. The SMILES string of the molecule is C[C@H](NC(=O)Nc1csc(-c2ccc(C(C)(C)O)c(F)c2)n1)C1CC1. The summed E-state index contributed by atoms with van der Waals surface area (Å²) in [5, 5.41) is 17.9. The fourth-order valence-electron chi connectivity index (χ4n) is 2.68. The molecule has 2 amide bonds. The first-order valence-electron chi connectivity index (χ1n) is 8.30. The summed E-state index contributed by atoms with van der Waals surface area (Å²) in [7, 11) is 0. The molecular weight excluding hydrogens is 341 g/mol. The molecule has 0 spiro atoms. The third-order valence-corrected chi connectivity index (χ3v) is 5.20. The summed E-state index contributed by atoms with van der Waals surface area (Å²) >= 11 is 1.32. The standard InChI is InChI=1S/C18H22FN3O2S/c1-10(11-4-5-11)20-17(23)22-15-9-25-16(21-15)12-6-7-13(14(19)8-12)18(2,3)24/h6-11,24H,4-5H2,1-3H3,(H2,20,22,23)/t10-/m0/s1. The van der Waals surface area contributed by atoms with Crippen LogP contribution >= 0.6 is 11.3 Å². The van der Waals surface area contributed by atoms with Crippen LogP contribution < -0.4 is 10.6 Å². The monoisotopic (exact) mass is 363 g/mol. The molecule has 7 heteroatoms. The number of aromatic nitrogens is 1. The maximum atomic E-state index is 14.2. The van der Waals surface area contributed by atoms with Crippen LogP contribution in [0.15, 0.2) is 23.6 Å². The van der Waals surface area contributed by atoms with E-state index in [1.807, 2.05) is 6.92 Å². The Labute approximate surface area is 150 Å². The van der Waals surface area contributed by atoms with Crippen LogP contribution in [-0.4, -0.2) is 22.2 Å². The highest BCUT2D eigenvalue weighted by atomic mass is 32.1. The summed E-state index contributed by atoms with van der Waals surface area (Å²) in [4.78, 5) is 16.3. The van der Waals surface area contributed by atoms with E-state index in [-0.39, 0.29) is 17.6 Å². The van der Waals surface area contributed by atoms with E-state index in [1.165, 1.54) is 31.3 Å². The molecule has 1 saturated carbocycles. The molecule has 1 fully saturated rings. The summed E-state index contributed by atoms with van der Waals surface area (Å²) in [6, 6.07) is 4.50. The minimum Gasteiger partial charge on any atom is -0.386 e. The summed E-state index contributed by atoms with van der Waals surface area (Å²) < 4.78 is 14.2. The first-order chi connectivity index (χ1) is 11.7. The zero-order valence-corrected chi connectivity index (χ0v) is 15.3. The average Bonchev–Trinajstić information content (AvgIpc) is 3.26. The number of hydrogen-bond donors (Lipinski definition) is 3. The van der Waals surface area contributed by atoms with Crippen LogP contribution in [0.2, 0.25) is 0 Å². The van der Waals surface area contributed by atoms with Crippen LogP contribution in [0.3, 0.4) is 0 Å². The van der Waals surface area contributed by atoms with Crippen molar-refractivity contribution in [3.05, 3.63) is 35.0 Å². The molecule has 134 valence electrons. The summed E-state index contributed by atoms with van der Waals surface area (Å²) in [5.74, 6) is 0.534. The summed E-state index contributed by atoms with van der Waals surface area (Å²) in [6.45, 7) is 5.08. The van der Waals surface area contributed by atoms with Crippen molar-refractivity contribution in [2.24, 2.45) is 5.92 Å². The number of rotatable bonds is 5. The van der Waals surface area contributed by atoms with Gasteiger partial charge < -0.3 is 10.4 Å². The number of amides is 2. The van der Waals surface area contributed by atoms with Crippen LogP contribution in [0.25, 0.3) is 10.6 Å². The molecule has 2 aromatic rings. The predicted octanol–water partition coefficient (Wildman–Crippen LogP) is 4.10. The molecular formula is C18H22FN3O2S. The van der Waals surface area contributed by atoms with Crippen molar-refractivity contribution in [1.29, 1.82) is 0 Å². The number of urea groups is 1. The molecule has 5 nitrogen and oxygen atoms in total. The van der Waals surface area contributed by atoms with Gasteiger partial charge in [0.25, 0.3) is 0 Å². The van der Waals surface area contributed by atoms with E-state index in [4.69, 9.17) is 0 Å². The number of carbonyl (C=O) groups is 1. The Morgan fingerprint density at radius 3 is 2.76 bits per heavy atom. The molecule has 0 saturated heterocycles. The van der Waals surface area contributed by atoms with Crippen molar-refractivity contribution < 1.29 is 14.3 Å². The molecule has 0 radical (unpaired) electrons. The maximum absolute atomic E-state index is 14.2. The van der Waals surface area contributed by atoms with Crippen LogP contribution in [0.4, 0.5) is 15.0 Å². The second-order valence-electron chi connectivity index (χ2n) is 7.02. The van der Waals surface area contributed by atoms with Gasteiger partial charge in [0.1, 0.15) is 16.6 Å². The molecule has 25 heavy (non-hydrogen) atoms. The molecule has 1 aromatic carbocycles. The first-order valence-corrected chi connectivity index (χ1v) is 9.18. The molecule has 1 aliphatic carbocycles. The molecule has 3 N–H and O–H groups in total. The van der Waals surface area contributed by atoms with Gasteiger partial charge in [0, 0.05) is 22.5 Å². The maximum Gasteiger partial charge on any atom is 0.320 e. The van der Waals surface area contributed by atoms with Gasteiger partial charge in [-0.25, -0.2) is 14.2 Å². The number of anilines is 1. The second-order valence-corrected chi connectivity index (χ2v) is 7.87. The number of benzene rings is 1. The van der Waals surface area contributed by atoms with Gasteiger partial charge in [-0.15, -0.1) is 11.3 Å². The van der Waals surface area contributed by atoms with Gasteiger partial charge >= 0.3 is 6.03 Å². The number of halogens is 1. The van der Waals surface area contributed by atoms with Gasteiger partial charge in [-0.3, -0.25) is 5.32 Å². The summed E-state index contributed by atoms with van der Waals surface area (Å²) in [6.07, 6.45) is 2.32. The van der Waals surface area contributed by atoms with Crippen molar-refractivity contribution in [2.45, 2.75) is 45.3 Å². The van der Waals surface area contributed by atoms with Gasteiger partial charge in [-0.1, -0.05) is 12.1 Å². The lowest BCUT2D eigenvalue weighted by molar-refractivity contribution is 0.0746. The molecule has 1 aromatic heterocycles. The number of hydrogen-bond acceptors (Lipinski definition) is 4. The van der Waals surface area contributed by atoms with Gasteiger partial charge in [-0.2, -0.15) is 0 Å². The Hall–Kier alpha value is -1.99. The van der Waals surface area contributed by atoms with E-state index in [9.17, 15) is 14.3 Å². The molecule has 1 heterocycles. The number of carbonyl (C=O) groups excluding carboxylic acids is 1. The zero-order valence-electron chi connectivity index (χ0n) is 14.5. The largest absolute Gasteiger partial charge is 0.386 e. The highest BCUT2D eigenvalue weighted by molar-refractivity contribution is 7.13. The topological polar surface area (TPSA) is 74.2 Å². The molecule has 0 aliphatic heterocycles. The van der Waals surface area contributed by atoms with Gasteiger partial charge in [0.2, 0.25) is 0 Å². The molecule has 0 bridgehead atoms. The fraction of sp³-hybridized carbons (Fsp3) is 0.444. The van der Waals surface area contributed by atoms with E-state index in [0.717, 1.165) is 12.8 Å². The quantitative estimate of drug-likeness (QED) is 0.749. The fourth-order valence-corrected chi connectivity index (χ4v) is 3.43.